The maximum absolute atomic E-state index is 12.0. The highest BCUT2D eigenvalue weighted by Gasteiger charge is 2.24. The molecule has 0 fully saturated rings. The molecule has 0 aromatic heterocycles. The molecule has 0 aromatic carbocycles. The van der Waals surface area contributed by atoms with Crippen molar-refractivity contribution in [2.24, 2.45) is 5.92 Å². The summed E-state index contributed by atoms with van der Waals surface area (Å²) in [7, 11) is -3.43. The maximum Gasteiger partial charge on any atom is 0.238 e. The molecule has 1 amide bonds. The summed E-state index contributed by atoms with van der Waals surface area (Å²) in [6.45, 7) is 7.26. The summed E-state index contributed by atoms with van der Waals surface area (Å²) in [5, 5.41) is 12.0. The van der Waals surface area contributed by atoms with Gasteiger partial charge in [-0.3, -0.25) is 4.79 Å². The first-order valence-corrected chi connectivity index (χ1v) is 8.36. The van der Waals surface area contributed by atoms with Gasteiger partial charge in [-0.25, -0.2) is 13.1 Å². The monoisotopic (exact) mass is 294 g/mol. The lowest BCUT2D eigenvalue weighted by Gasteiger charge is -2.22. The fourth-order valence-electron chi connectivity index (χ4n) is 1.85. The number of sulfonamides is 1. The van der Waals surface area contributed by atoms with Crippen molar-refractivity contribution in [2.75, 3.05) is 6.26 Å². The van der Waals surface area contributed by atoms with Gasteiger partial charge in [0.25, 0.3) is 0 Å². The van der Waals surface area contributed by atoms with E-state index in [2.05, 4.69) is 10.0 Å². The molecule has 0 radical (unpaired) electrons. The third kappa shape index (κ3) is 9.86. The molecule has 0 aliphatic heterocycles. The smallest absolute Gasteiger partial charge is 0.238 e. The van der Waals surface area contributed by atoms with Crippen LogP contribution in [-0.4, -0.2) is 43.9 Å². The van der Waals surface area contributed by atoms with E-state index in [4.69, 9.17) is 0 Å². The van der Waals surface area contributed by atoms with Crippen molar-refractivity contribution in [3.05, 3.63) is 0 Å². The normalized spacial score (nSPS) is 17.0. The Labute approximate surface area is 116 Å². The minimum absolute atomic E-state index is 0.192. The Morgan fingerprint density at radius 3 is 2.05 bits per heavy atom. The van der Waals surface area contributed by atoms with Crippen LogP contribution in [0, 0.1) is 5.92 Å². The minimum Gasteiger partial charge on any atom is -0.393 e. The van der Waals surface area contributed by atoms with E-state index in [1.807, 2.05) is 13.8 Å². The summed E-state index contributed by atoms with van der Waals surface area (Å²) in [4.78, 5) is 12.0. The summed E-state index contributed by atoms with van der Waals surface area (Å²) in [6.07, 6.45) is 1.38. The first-order valence-electron chi connectivity index (χ1n) is 6.47. The summed E-state index contributed by atoms with van der Waals surface area (Å²) in [6, 6.07) is -0.977. The third-order valence-corrected chi connectivity index (χ3v) is 3.18. The zero-order valence-corrected chi connectivity index (χ0v) is 13.1. The second-order valence-electron chi connectivity index (χ2n) is 5.57. The van der Waals surface area contributed by atoms with E-state index in [0.717, 1.165) is 6.26 Å². The molecule has 19 heavy (non-hydrogen) atoms. The number of aliphatic hydroxyl groups excluding tert-OH is 1. The molecular formula is C12H26N2O4S. The number of amides is 1. The molecule has 0 aliphatic rings. The highest BCUT2D eigenvalue weighted by molar-refractivity contribution is 7.88. The van der Waals surface area contributed by atoms with Gasteiger partial charge >= 0.3 is 0 Å². The number of nitrogens with one attached hydrogen (secondary N) is 2. The summed E-state index contributed by atoms with van der Waals surface area (Å²) in [5.41, 5.74) is 0. The third-order valence-electron chi connectivity index (χ3n) is 2.46. The van der Waals surface area contributed by atoms with E-state index in [0.29, 0.717) is 12.8 Å². The lowest BCUT2D eigenvalue weighted by Crippen LogP contribution is -2.49. The van der Waals surface area contributed by atoms with Crippen molar-refractivity contribution in [3.63, 3.8) is 0 Å². The first-order chi connectivity index (χ1) is 8.51. The fraction of sp³-hybridized carbons (Fsp3) is 0.917. The second kappa shape index (κ2) is 7.81. The van der Waals surface area contributed by atoms with Crippen LogP contribution in [0.1, 0.15) is 40.5 Å². The van der Waals surface area contributed by atoms with Crippen LogP contribution < -0.4 is 10.0 Å². The van der Waals surface area contributed by atoms with E-state index in [1.54, 1.807) is 13.8 Å². The van der Waals surface area contributed by atoms with Gasteiger partial charge in [0.05, 0.1) is 12.4 Å². The van der Waals surface area contributed by atoms with E-state index in [1.165, 1.54) is 0 Å². The Morgan fingerprint density at radius 1 is 1.16 bits per heavy atom. The van der Waals surface area contributed by atoms with Gasteiger partial charge in [0.2, 0.25) is 15.9 Å². The van der Waals surface area contributed by atoms with Gasteiger partial charge in [-0.15, -0.1) is 0 Å². The van der Waals surface area contributed by atoms with Crippen molar-refractivity contribution in [1.82, 2.24) is 10.0 Å². The lowest BCUT2D eigenvalue weighted by molar-refractivity contribution is -0.123. The van der Waals surface area contributed by atoms with E-state index >= 15 is 0 Å². The van der Waals surface area contributed by atoms with Crippen LogP contribution in [0.2, 0.25) is 0 Å². The predicted octanol–water partition coefficient (Wildman–Crippen LogP) is 0.226. The van der Waals surface area contributed by atoms with Gasteiger partial charge in [-0.2, -0.15) is 0 Å². The van der Waals surface area contributed by atoms with Gasteiger partial charge in [-0.05, 0) is 32.6 Å². The second-order valence-corrected chi connectivity index (χ2v) is 7.35. The molecule has 0 spiro atoms. The zero-order valence-electron chi connectivity index (χ0n) is 12.3. The van der Waals surface area contributed by atoms with E-state index in [-0.39, 0.29) is 17.9 Å². The number of carbonyl (C=O) groups is 1. The number of hydrogen-bond acceptors (Lipinski definition) is 4. The minimum atomic E-state index is -3.43. The molecule has 3 N–H and O–H groups in total. The molecule has 3 unspecified atom stereocenters. The van der Waals surface area contributed by atoms with Crippen LogP contribution in [0.15, 0.2) is 0 Å². The molecule has 6 nitrogen and oxygen atoms in total. The van der Waals surface area contributed by atoms with Crippen LogP contribution in [0.3, 0.4) is 0 Å². The highest BCUT2D eigenvalue weighted by atomic mass is 32.2. The Hall–Kier alpha value is -0.660. The Kier molecular flexibility index (Phi) is 7.54. The van der Waals surface area contributed by atoms with Crippen molar-refractivity contribution in [2.45, 2.75) is 58.7 Å². The van der Waals surface area contributed by atoms with Crippen molar-refractivity contribution >= 4 is 15.9 Å². The van der Waals surface area contributed by atoms with Crippen molar-refractivity contribution < 1.29 is 18.3 Å². The van der Waals surface area contributed by atoms with Gasteiger partial charge < -0.3 is 10.4 Å². The van der Waals surface area contributed by atoms with Crippen LogP contribution in [0.25, 0.3) is 0 Å². The van der Waals surface area contributed by atoms with Crippen molar-refractivity contribution in [3.8, 4) is 0 Å². The molecule has 0 aromatic rings. The molecule has 7 heteroatoms. The van der Waals surface area contributed by atoms with E-state index < -0.39 is 22.2 Å². The SMILES string of the molecule is CC(C)CC(NS(C)(=O)=O)C(=O)NC(C)CC(C)O. The molecule has 0 saturated heterocycles. The molecule has 0 saturated carbocycles. The molecule has 0 rings (SSSR count). The summed E-state index contributed by atoms with van der Waals surface area (Å²) >= 11 is 0. The Balaban J connectivity index is 4.63. The lowest BCUT2D eigenvalue weighted by atomic mass is 10.0. The van der Waals surface area contributed by atoms with Gasteiger partial charge in [0.15, 0.2) is 0 Å². The average Bonchev–Trinajstić information content (AvgIpc) is 2.11. The molecule has 0 bridgehead atoms. The quantitative estimate of drug-likeness (QED) is 0.597. The molecule has 0 aliphatic carbocycles. The number of aliphatic hydroxyl groups is 1. The van der Waals surface area contributed by atoms with Crippen LogP contribution >= 0.6 is 0 Å². The molecule has 3 atom stereocenters. The highest BCUT2D eigenvalue weighted by Crippen LogP contribution is 2.07. The van der Waals surface area contributed by atoms with Gasteiger partial charge in [-0.1, -0.05) is 13.8 Å². The molecular weight excluding hydrogens is 268 g/mol. The van der Waals surface area contributed by atoms with Gasteiger partial charge in [0, 0.05) is 6.04 Å². The predicted molar refractivity (Wildman–Crippen MR) is 75.1 cm³/mol. The summed E-state index contributed by atoms with van der Waals surface area (Å²) in [5.74, 6) is -0.163. The molecule has 0 heterocycles. The topological polar surface area (TPSA) is 95.5 Å². The van der Waals surface area contributed by atoms with Crippen LogP contribution in [0.5, 0.6) is 0 Å². The molecule has 114 valence electrons. The number of rotatable bonds is 8. The van der Waals surface area contributed by atoms with Gasteiger partial charge in [0.1, 0.15) is 6.04 Å². The maximum atomic E-state index is 12.0. The van der Waals surface area contributed by atoms with Crippen LogP contribution in [-0.2, 0) is 14.8 Å². The number of hydrogen-bond donors (Lipinski definition) is 3. The first kappa shape index (κ1) is 18.3. The van der Waals surface area contributed by atoms with E-state index in [9.17, 15) is 18.3 Å². The standard InChI is InChI=1S/C12H26N2O4S/c1-8(2)6-11(14-19(5,17)18)12(16)13-9(3)7-10(4)15/h8-11,14-15H,6-7H2,1-5H3,(H,13,16). The average molecular weight is 294 g/mol. The number of carbonyl (C=O) groups excluding carboxylic acids is 1. The Bertz CT molecular complexity index is 379. The summed E-state index contributed by atoms with van der Waals surface area (Å²) < 4.78 is 24.9. The fourth-order valence-corrected chi connectivity index (χ4v) is 2.57. The zero-order chi connectivity index (χ0) is 15.2. The largest absolute Gasteiger partial charge is 0.393 e. The van der Waals surface area contributed by atoms with Crippen molar-refractivity contribution in [1.29, 1.82) is 0 Å². The van der Waals surface area contributed by atoms with Crippen LogP contribution in [0.4, 0.5) is 0 Å². The Morgan fingerprint density at radius 2 is 1.68 bits per heavy atom.